The lowest BCUT2D eigenvalue weighted by Gasteiger charge is -2.14. The molecule has 2 nitrogen and oxygen atoms in total. The van der Waals surface area contributed by atoms with Crippen molar-refractivity contribution in [2.45, 2.75) is 12.3 Å². The van der Waals surface area contributed by atoms with E-state index in [4.69, 9.17) is 0 Å². The zero-order valence-corrected chi connectivity index (χ0v) is 17.6. The number of aromatic nitrogens is 2. The van der Waals surface area contributed by atoms with E-state index >= 15 is 0 Å². The minimum Gasteiger partial charge on any atom is -0.355 e. The summed E-state index contributed by atoms with van der Waals surface area (Å²) in [4.78, 5) is 3.57. The summed E-state index contributed by atoms with van der Waals surface area (Å²) >= 11 is 0. The fourth-order valence-corrected chi connectivity index (χ4v) is 5.35. The smallest absolute Gasteiger partial charge is 0.0541 e. The summed E-state index contributed by atoms with van der Waals surface area (Å²) in [5.74, 6) is 0.380. The van der Waals surface area contributed by atoms with E-state index in [9.17, 15) is 0 Å². The fourth-order valence-electron chi connectivity index (χ4n) is 5.35. The number of H-pyrrole nitrogens is 1. The number of fused-ring (bicyclic) bond motifs is 6. The number of nitrogens with zero attached hydrogens (tertiary/aromatic N) is 1. The molecule has 0 saturated carbocycles. The van der Waals surface area contributed by atoms with Crippen LogP contribution in [0.25, 0.3) is 50.5 Å². The third kappa shape index (κ3) is 2.53. The first-order valence-corrected chi connectivity index (χ1v) is 11.2. The standard InChI is InChI=1S/C30H22N2/c1-2-8-22(9-3-1)32-29-13-7-5-11-24(29)26-19-21(15-17-30(26)32)20-14-16-28-25(18-20)23-10-4-6-12-27(23)31-28/h1-13,15-20,31H,14H2. The summed E-state index contributed by atoms with van der Waals surface area (Å²) in [7, 11) is 0. The molecule has 0 saturated heterocycles. The van der Waals surface area contributed by atoms with Crippen molar-refractivity contribution in [3.8, 4) is 5.69 Å². The predicted molar refractivity (Wildman–Crippen MR) is 135 cm³/mol. The van der Waals surface area contributed by atoms with Crippen LogP contribution in [0.15, 0.2) is 97.1 Å². The molecule has 0 amide bonds. The molecule has 0 bridgehead atoms. The van der Waals surface area contributed by atoms with Gasteiger partial charge >= 0.3 is 0 Å². The van der Waals surface area contributed by atoms with E-state index in [0.717, 1.165) is 6.42 Å². The van der Waals surface area contributed by atoms with Crippen molar-refractivity contribution in [1.29, 1.82) is 0 Å². The van der Waals surface area contributed by atoms with Crippen molar-refractivity contribution in [3.05, 3.63) is 113 Å². The number of aromatic amines is 1. The van der Waals surface area contributed by atoms with E-state index in [2.05, 4.69) is 119 Å². The molecule has 2 heteroatoms. The molecule has 7 rings (SSSR count). The molecule has 0 fully saturated rings. The second kappa shape index (κ2) is 6.73. The Morgan fingerprint density at radius 2 is 1.44 bits per heavy atom. The zero-order chi connectivity index (χ0) is 21.1. The van der Waals surface area contributed by atoms with Crippen LogP contribution in [-0.4, -0.2) is 9.55 Å². The molecule has 1 N–H and O–H groups in total. The summed E-state index contributed by atoms with van der Waals surface area (Å²) < 4.78 is 2.38. The van der Waals surface area contributed by atoms with Gasteiger partial charge < -0.3 is 9.55 Å². The van der Waals surface area contributed by atoms with Crippen molar-refractivity contribution < 1.29 is 0 Å². The Morgan fingerprint density at radius 3 is 2.34 bits per heavy atom. The van der Waals surface area contributed by atoms with E-state index in [0.29, 0.717) is 5.92 Å². The van der Waals surface area contributed by atoms with Gasteiger partial charge in [0.15, 0.2) is 0 Å². The summed E-state index contributed by atoms with van der Waals surface area (Å²) in [5.41, 5.74) is 6.30. The lowest BCUT2D eigenvalue weighted by Crippen LogP contribution is -2.27. The summed E-state index contributed by atoms with van der Waals surface area (Å²) in [5, 5.41) is 6.53. The highest BCUT2D eigenvalue weighted by molar-refractivity contribution is 6.09. The van der Waals surface area contributed by atoms with Gasteiger partial charge in [-0.2, -0.15) is 0 Å². The Morgan fingerprint density at radius 1 is 0.688 bits per heavy atom. The Bertz CT molecular complexity index is 1750. The average Bonchev–Trinajstić information content (AvgIpc) is 3.39. The van der Waals surface area contributed by atoms with Gasteiger partial charge in [-0.25, -0.2) is 0 Å². The predicted octanol–water partition coefficient (Wildman–Crippen LogP) is 6.01. The van der Waals surface area contributed by atoms with Gasteiger partial charge in [-0.05, 0) is 48.4 Å². The topological polar surface area (TPSA) is 20.7 Å². The SMILES string of the molecule is C1=c2[nH]c3ccccc3c2=CC(c2ccc3c(c2)c2ccccc2n3-c2ccccc2)C1. The van der Waals surface area contributed by atoms with Crippen LogP contribution in [-0.2, 0) is 0 Å². The van der Waals surface area contributed by atoms with E-state index in [1.54, 1.807) is 0 Å². The molecule has 6 aromatic rings. The molecule has 1 atom stereocenters. The quantitative estimate of drug-likeness (QED) is 0.361. The first-order chi connectivity index (χ1) is 15.9. The second-order valence-electron chi connectivity index (χ2n) is 8.68. The molecular formula is C30H22N2. The molecule has 0 spiro atoms. The van der Waals surface area contributed by atoms with Gasteiger partial charge in [0, 0.05) is 43.8 Å². The lowest BCUT2D eigenvalue weighted by molar-refractivity contribution is 0.921. The van der Waals surface area contributed by atoms with E-state index in [1.807, 2.05) is 0 Å². The van der Waals surface area contributed by atoms with Crippen molar-refractivity contribution in [1.82, 2.24) is 9.55 Å². The normalized spacial score (nSPS) is 15.6. The number of rotatable bonds is 2. The average molecular weight is 411 g/mol. The number of nitrogens with one attached hydrogen (secondary N) is 1. The molecule has 152 valence electrons. The second-order valence-corrected chi connectivity index (χ2v) is 8.68. The Hall–Kier alpha value is -4.04. The van der Waals surface area contributed by atoms with Crippen molar-refractivity contribution in [2.75, 3.05) is 0 Å². The van der Waals surface area contributed by atoms with Crippen LogP contribution < -0.4 is 10.6 Å². The molecule has 1 unspecified atom stereocenters. The zero-order valence-electron chi connectivity index (χ0n) is 17.6. The third-order valence-corrected chi connectivity index (χ3v) is 6.86. The van der Waals surface area contributed by atoms with Crippen molar-refractivity contribution in [2.24, 2.45) is 0 Å². The minimum atomic E-state index is 0.380. The maximum absolute atomic E-state index is 3.57. The molecule has 4 aromatic carbocycles. The van der Waals surface area contributed by atoms with Crippen LogP contribution in [0.3, 0.4) is 0 Å². The van der Waals surface area contributed by atoms with Gasteiger partial charge in [0.1, 0.15) is 0 Å². The first-order valence-electron chi connectivity index (χ1n) is 11.2. The maximum atomic E-state index is 3.57. The number of para-hydroxylation sites is 3. The monoisotopic (exact) mass is 410 g/mol. The molecule has 1 aliphatic rings. The van der Waals surface area contributed by atoms with Crippen LogP contribution in [0.2, 0.25) is 0 Å². The minimum absolute atomic E-state index is 0.380. The van der Waals surface area contributed by atoms with E-state index in [1.165, 1.54) is 54.5 Å². The van der Waals surface area contributed by atoms with Crippen LogP contribution in [0.5, 0.6) is 0 Å². The van der Waals surface area contributed by atoms with Gasteiger partial charge in [-0.1, -0.05) is 72.8 Å². The summed E-state index contributed by atoms with van der Waals surface area (Å²) in [6.45, 7) is 0. The van der Waals surface area contributed by atoms with Gasteiger partial charge in [-0.15, -0.1) is 0 Å². The van der Waals surface area contributed by atoms with Crippen LogP contribution in [0.1, 0.15) is 17.9 Å². The fraction of sp³-hybridized carbons (Fsp3) is 0.0667. The van der Waals surface area contributed by atoms with Gasteiger partial charge in [-0.3, -0.25) is 0 Å². The Balaban J connectivity index is 1.45. The molecule has 2 heterocycles. The van der Waals surface area contributed by atoms with E-state index < -0.39 is 0 Å². The van der Waals surface area contributed by atoms with Gasteiger partial charge in [0.2, 0.25) is 0 Å². The Kier molecular flexibility index (Phi) is 3.71. The molecule has 0 aliphatic heterocycles. The molecule has 0 radical (unpaired) electrons. The van der Waals surface area contributed by atoms with Crippen molar-refractivity contribution >= 4 is 44.9 Å². The third-order valence-electron chi connectivity index (χ3n) is 6.86. The summed E-state index contributed by atoms with van der Waals surface area (Å²) in [6, 6.07) is 35.0. The van der Waals surface area contributed by atoms with Crippen LogP contribution >= 0.6 is 0 Å². The molecule has 32 heavy (non-hydrogen) atoms. The lowest BCUT2D eigenvalue weighted by atomic mass is 9.90. The first kappa shape index (κ1) is 17.6. The van der Waals surface area contributed by atoms with Crippen LogP contribution in [0.4, 0.5) is 0 Å². The number of benzene rings is 4. The highest BCUT2D eigenvalue weighted by Crippen LogP contribution is 2.35. The maximum Gasteiger partial charge on any atom is 0.0541 e. The van der Waals surface area contributed by atoms with Gasteiger partial charge in [0.25, 0.3) is 0 Å². The Labute approximate surface area is 185 Å². The molecule has 2 aromatic heterocycles. The summed E-state index contributed by atoms with van der Waals surface area (Å²) in [6.07, 6.45) is 5.83. The largest absolute Gasteiger partial charge is 0.355 e. The van der Waals surface area contributed by atoms with Crippen LogP contribution in [0, 0.1) is 0 Å². The highest BCUT2D eigenvalue weighted by atomic mass is 15.0. The van der Waals surface area contributed by atoms with Crippen molar-refractivity contribution in [3.63, 3.8) is 0 Å². The number of hydrogen-bond donors (Lipinski definition) is 1. The highest BCUT2D eigenvalue weighted by Gasteiger charge is 2.17. The molecule has 1 aliphatic carbocycles. The van der Waals surface area contributed by atoms with E-state index in [-0.39, 0.29) is 0 Å². The molecular weight excluding hydrogens is 388 g/mol. The number of hydrogen-bond acceptors (Lipinski definition) is 0. The van der Waals surface area contributed by atoms with Gasteiger partial charge in [0.05, 0.1) is 11.0 Å².